The Kier molecular flexibility index (Phi) is 9.20. The molecule has 2 atom stereocenters. The van der Waals surface area contributed by atoms with Gasteiger partial charge in [0.1, 0.15) is 0 Å². The van der Waals surface area contributed by atoms with Gasteiger partial charge in [0.05, 0.1) is 18.6 Å². The van der Waals surface area contributed by atoms with Crippen molar-refractivity contribution < 1.29 is 9.53 Å². The Bertz CT molecular complexity index is 1450. The van der Waals surface area contributed by atoms with Gasteiger partial charge in [-0.15, -0.1) is 0 Å². The maximum absolute atomic E-state index is 14.7. The number of hydrogen-bond acceptors (Lipinski definition) is 2. The molecule has 5 aromatic carbocycles. The van der Waals surface area contributed by atoms with E-state index in [-0.39, 0.29) is 24.0 Å². The highest BCUT2D eigenvalue weighted by atomic mass is 31.1. The minimum absolute atomic E-state index is 0.0188. The molecular formula is C38H36NO2P. The summed E-state index contributed by atoms with van der Waals surface area (Å²) in [5.74, 6) is -0.207. The third-order valence-corrected chi connectivity index (χ3v) is 10.7. The molecule has 42 heavy (non-hydrogen) atoms. The van der Waals surface area contributed by atoms with Gasteiger partial charge in [0.2, 0.25) is 5.91 Å². The van der Waals surface area contributed by atoms with Crippen molar-refractivity contribution in [3.8, 4) is 0 Å². The van der Waals surface area contributed by atoms with Crippen molar-refractivity contribution in [1.29, 1.82) is 0 Å². The molecule has 1 aliphatic rings. The zero-order valence-electron chi connectivity index (χ0n) is 23.7. The van der Waals surface area contributed by atoms with E-state index in [0.29, 0.717) is 13.2 Å². The van der Waals surface area contributed by atoms with Crippen molar-refractivity contribution in [2.75, 3.05) is 12.7 Å². The summed E-state index contributed by atoms with van der Waals surface area (Å²) in [6.45, 7) is 1.15. The smallest absolute Gasteiger partial charge is 0.234 e. The number of benzene rings is 5. The highest BCUT2D eigenvalue weighted by Gasteiger charge is 2.40. The molecule has 0 radical (unpaired) electrons. The summed E-state index contributed by atoms with van der Waals surface area (Å²) in [6.07, 6.45) is 1.71. The number of carbonyl (C=O) groups is 1. The first-order chi connectivity index (χ1) is 20.8. The molecule has 4 heteroatoms. The van der Waals surface area contributed by atoms with Gasteiger partial charge >= 0.3 is 0 Å². The van der Waals surface area contributed by atoms with Crippen molar-refractivity contribution in [1.82, 2.24) is 4.90 Å². The monoisotopic (exact) mass is 569 g/mol. The minimum Gasteiger partial charge on any atom is -0.372 e. The third-order valence-electron chi connectivity index (χ3n) is 8.03. The summed E-state index contributed by atoms with van der Waals surface area (Å²) in [7, 11) is -0.663. The molecule has 1 fully saturated rings. The number of hydrogen-bond donors (Lipinski definition) is 0. The van der Waals surface area contributed by atoms with Gasteiger partial charge in [-0.2, -0.15) is 0 Å². The van der Waals surface area contributed by atoms with Crippen LogP contribution in [-0.2, 0) is 16.1 Å². The van der Waals surface area contributed by atoms with E-state index in [1.54, 1.807) is 0 Å². The fraction of sp³-hybridized carbons (Fsp3) is 0.184. The first kappa shape index (κ1) is 28.1. The summed E-state index contributed by atoms with van der Waals surface area (Å²) in [6, 6.07) is 52.4. The van der Waals surface area contributed by atoms with E-state index < -0.39 is 7.92 Å². The molecule has 3 nitrogen and oxygen atoms in total. The van der Waals surface area contributed by atoms with Crippen molar-refractivity contribution in [3.63, 3.8) is 0 Å². The second kappa shape index (κ2) is 13.7. The lowest BCUT2D eigenvalue weighted by Gasteiger charge is -2.32. The van der Waals surface area contributed by atoms with Gasteiger partial charge in [-0.05, 0) is 47.8 Å². The topological polar surface area (TPSA) is 29.5 Å². The second-order valence-electron chi connectivity index (χ2n) is 10.8. The van der Waals surface area contributed by atoms with Crippen molar-refractivity contribution in [2.45, 2.75) is 31.1 Å². The Morgan fingerprint density at radius 3 is 1.62 bits per heavy atom. The minimum atomic E-state index is -0.663. The van der Waals surface area contributed by atoms with Crippen LogP contribution in [0.1, 0.15) is 29.0 Å². The molecule has 6 rings (SSSR count). The van der Waals surface area contributed by atoms with E-state index in [0.717, 1.165) is 29.3 Å². The average Bonchev–Trinajstić information content (AvgIpc) is 3.48. The first-order valence-electron chi connectivity index (χ1n) is 14.7. The van der Waals surface area contributed by atoms with Crippen LogP contribution in [0.15, 0.2) is 152 Å². The van der Waals surface area contributed by atoms with Crippen LogP contribution in [-0.4, -0.2) is 35.7 Å². The zero-order valence-corrected chi connectivity index (χ0v) is 24.6. The van der Waals surface area contributed by atoms with Crippen LogP contribution in [0, 0.1) is 0 Å². The van der Waals surface area contributed by atoms with Crippen LogP contribution in [0.25, 0.3) is 0 Å². The van der Waals surface area contributed by atoms with Crippen LogP contribution in [0.4, 0.5) is 0 Å². The van der Waals surface area contributed by atoms with E-state index in [1.807, 2.05) is 54.6 Å². The van der Waals surface area contributed by atoms with Crippen molar-refractivity contribution in [3.05, 3.63) is 168 Å². The molecule has 1 heterocycles. The SMILES string of the molecule is O=C(C(c1ccccc1)c1ccccc1)N1C[C@H](OCc2ccccc2)C[C@H]1CP(c1ccccc1)c1ccccc1. The van der Waals surface area contributed by atoms with Crippen molar-refractivity contribution in [2.24, 2.45) is 0 Å². The number of likely N-dealkylation sites (tertiary alicyclic amines) is 1. The highest BCUT2D eigenvalue weighted by molar-refractivity contribution is 7.73. The van der Waals surface area contributed by atoms with Crippen LogP contribution in [0.5, 0.6) is 0 Å². The quantitative estimate of drug-likeness (QED) is 0.167. The molecule has 210 valence electrons. The summed E-state index contributed by atoms with van der Waals surface area (Å²) in [4.78, 5) is 16.8. The Morgan fingerprint density at radius 1 is 0.667 bits per heavy atom. The second-order valence-corrected chi connectivity index (χ2v) is 13.1. The maximum Gasteiger partial charge on any atom is 0.234 e. The van der Waals surface area contributed by atoms with Gasteiger partial charge in [0.15, 0.2) is 0 Å². The standard InChI is InChI=1S/C38H36NO2P/c40-38(37(31-18-8-2-9-19-31)32-20-10-3-11-21-32)39-27-34(41-28-30-16-6-1-7-17-30)26-33(39)29-42(35-22-12-4-13-23-35)36-24-14-5-15-25-36/h1-25,33-34,37H,26-29H2/t33-,34+/m0/s1. The number of carbonyl (C=O) groups excluding carboxylic acids is 1. The molecular weight excluding hydrogens is 533 g/mol. The molecule has 0 N–H and O–H groups in total. The van der Waals surface area contributed by atoms with Crippen LogP contribution < -0.4 is 10.6 Å². The maximum atomic E-state index is 14.7. The summed E-state index contributed by atoms with van der Waals surface area (Å²) in [5.41, 5.74) is 3.20. The van der Waals surface area contributed by atoms with Gasteiger partial charge in [0.25, 0.3) is 0 Å². The number of amides is 1. The van der Waals surface area contributed by atoms with E-state index >= 15 is 0 Å². The van der Waals surface area contributed by atoms with Crippen LogP contribution in [0.2, 0.25) is 0 Å². The lowest BCUT2D eigenvalue weighted by Crippen LogP contribution is -2.42. The highest BCUT2D eigenvalue weighted by Crippen LogP contribution is 2.40. The summed E-state index contributed by atoms with van der Waals surface area (Å²) in [5, 5.41) is 2.67. The molecule has 1 amide bonds. The number of ether oxygens (including phenoxy) is 1. The molecule has 0 bridgehead atoms. The van der Waals surface area contributed by atoms with Crippen LogP contribution in [0.3, 0.4) is 0 Å². The molecule has 5 aromatic rings. The Hall–Kier alpha value is -4.04. The van der Waals surface area contributed by atoms with Gasteiger partial charge in [0, 0.05) is 12.6 Å². The zero-order chi connectivity index (χ0) is 28.6. The van der Waals surface area contributed by atoms with E-state index in [2.05, 4.69) is 102 Å². The third kappa shape index (κ3) is 6.71. The van der Waals surface area contributed by atoms with Crippen molar-refractivity contribution >= 4 is 24.4 Å². The lowest BCUT2D eigenvalue weighted by molar-refractivity contribution is -0.132. The van der Waals surface area contributed by atoms with Gasteiger partial charge < -0.3 is 9.64 Å². The first-order valence-corrected chi connectivity index (χ1v) is 16.2. The number of rotatable bonds is 10. The molecule has 0 spiro atoms. The van der Waals surface area contributed by atoms with E-state index in [4.69, 9.17) is 4.74 Å². The average molecular weight is 570 g/mol. The van der Waals surface area contributed by atoms with Gasteiger partial charge in [-0.3, -0.25) is 4.79 Å². The molecule has 1 saturated heterocycles. The largest absolute Gasteiger partial charge is 0.372 e. The normalized spacial score (nSPS) is 16.7. The lowest BCUT2D eigenvalue weighted by atomic mass is 9.90. The van der Waals surface area contributed by atoms with Crippen LogP contribution >= 0.6 is 7.92 Å². The fourth-order valence-corrected chi connectivity index (χ4v) is 8.50. The van der Waals surface area contributed by atoms with Gasteiger partial charge in [-0.25, -0.2) is 0 Å². The fourth-order valence-electron chi connectivity index (χ4n) is 5.95. The van der Waals surface area contributed by atoms with E-state index in [1.165, 1.54) is 10.6 Å². The summed E-state index contributed by atoms with van der Waals surface area (Å²) >= 11 is 0. The molecule has 0 aliphatic carbocycles. The Balaban J connectivity index is 1.33. The number of nitrogens with zero attached hydrogens (tertiary/aromatic N) is 1. The molecule has 0 aromatic heterocycles. The molecule has 0 saturated carbocycles. The predicted octanol–water partition coefficient (Wildman–Crippen LogP) is 7.14. The van der Waals surface area contributed by atoms with E-state index in [9.17, 15) is 4.79 Å². The Labute approximate surface area is 250 Å². The van der Waals surface area contributed by atoms with Gasteiger partial charge in [-0.1, -0.05) is 152 Å². The molecule has 1 aliphatic heterocycles. The molecule has 0 unspecified atom stereocenters. The summed E-state index contributed by atoms with van der Waals surface area (Å²) < 4.78 is 6.50. The predicted molar refractivity (Wildman–Crippen MR) is 174 cm³/mol. The Morgan fingerprint density at radius 2 is 1.12 bits per heavy atom.